The fraction of sp³-hybridized carbons (Fsp3) is 0.300. The summed E-state index contributed by atoms with van der Waals surface area (Å²) in [4.78, 5) is 24.1. The first-order valence-corrected chi connectivity index (χ1v) is 8.48. The molecule has 2 N–H and O–H groups in total. The van der Waals surface area contributed by atoms with Crippen molar-refractivity contribution in [2.75, 3.05) is 19.5 Å². The third kappa shape index (κ3) is 5.91. The monoisotopic (exact) mass is 372 g/mol. The second-order valence-electron chi connectivity index (χ2n) is 6.09. The molecule has 0 fully saturated rings. The highest BCUT2D eigenvalue weighted by atomic mass is 16.5. The van der Waals surface area contributed by atoms with E-state index in [2.05, 4.69) is 10.6 Å². The molecule has 7 nitrogen and oxygen atoms in total. The molecule has 0 aromatic heterocycles. The maximum Gasteiger partial charge on any atom is 0.338 e. The Hall–Kier alpha value is -3.22. The molecule has 0 saturated heterocycles. The highest BCUT2D eigenvalue weighted by Gasteiger charge is 2.12. The molecule has 7 heteroatoms. The van der Waals surface area contributed by atoms with Gasteiger partial charge in [0.1, 0.15) is 18.1 Å². The predicted octanol–water partition coefficient (Wildman–Crippen LogP) is 3.59. The largest absolute Gasteiger partial charge is 0.497 e. The van der Waals surface area contributed by atoms with Gasteiger partial charge >= 0.3 is 12.0 Å². The zero-order valence-electron chi connectivity index (χ0n) is 15.9. The minimum Gasteiger partial charge on any atom is -0.497 e. The Morgan fingerprint density at radius 1 is 1.04 bits per heavy atom. The van der Waals surface area contributed by atoms with E-state index in [4.69, 9.17) is 14.2 Å². The molecule has 0 aliphatic heterocycles. The van der Waals surface area contributed by atoms with E-state index in [1.54, 1.807) is 56.7 Å². The summed E-state index contributed by atoms with van der Waals surface area (Å²) in [6, 6.07) is 11.5. The van der Waals surface area contributed by atoms with Gasteiger partial charge in [0.05, 0.1) is 19.8 Å². The second kappa shape index (κ2) is 9.47. The molecule has 0 atom stereocenters. The Morgan fingerprint density at radius 2 is 1.81 bits per heavy atom. The van der Waals surface area contributed by atoms with E-state index in [1.807, 2.05) is 13.8 Å². The molecule has 0 heterocycles. The van der Waals surface area contributed by atoms with Crippen LogP contribution in [0.2, 0.25) is 0 Å². The molecule has 27 heavy (non-hydrogen) atoms. The normalized spacial score (nSPS) is 10.3. The highest BCUT2D eigenvalue weighted by molar-refractivity contribution is 5.94. The Balaban J connectivity index is 2.04. The van der Waals surface area contributed by atoms with Crippen LogP contribution in [-0.2, 0) is 11.3 Å². The van der Waals surface area contributed by atoms with E-state index in [-0.39, 0.29) is 18.7 Å². The molecule has 0 spiro atoms. The van der Waals surface area contributed by atoms with E-state index < -0.39 is 5.97 Å². The Morgan fingerprint density at radius 3 is 2.48 bits per heavy atom. The highest BCUT2D eigenvalue weighted by Crippen LogP contribution is 2.25. The smallest absolute Gasteiger partial charge is 0.338 e. The minimum atomic E-state index is -0.507. The lowest BCUT2D eigenvalue weighted by atomic mass is 10.2. The number of ether oxygens (including phenoxy) is 3. The van der Waals surface area contributed by atoms with Gasteiger partial charge in [0.25, 0.3) is 0 Å². The molecule has 2 aromatic carbocycles. The van der Waals surface area contributed by atoms with E-state index in [1.165, 1.54) is 0 Å². The number of anilines is 1. The fourth-order valence-electron chi connectivity index (χ4n) is 2.37. The van der Waals surface area contributed by atoms with Crippen LogP contribution in [0.3, 0.4) is 0 Å². The quantitative estimate of drug-likeness (QED) is 0.726. The van der Waals surface area contributed by atoms with Gasteiger partial charge in [-0.1, -0.05) is 6.07 Å². The summed E-state index contributed by atoms with van der Waals surface area (Å²) >= 11 is 0. The summed E-state index contributed by atoms with van der Waals surface area (Å²) in [5.41, 5.74) is 1.52. The molecule has 0 saturated carbocycles. The summed E-state index contributed by atoms with van der Waals surface area (Å²) in [6.07, 6.45) is 0. The zero-order chi connectivity index (χ0) is 19.8. The van der Waals surface area contributed by atoms with E-state index in [0.29, 0.717) is 28.3 Å². The molecular weight excluding hydrogens is 348 g/mol. The molecule has 2 amide bonds. The number of esters is 1. The lowest BCUT2D eigenvalue weighted by molar-refractivity contribution is 0.0470. The van der Waals surface area contributed by atoms with Crippen LogP contribution in [0.5, 0.6) is 11.5 Å². The van der Waals surface area contributed by atoms with Crippen molar-refractivity contribution in [1.82, 2.24) is 5.32 Å². The summed E-state index contributed by atoms with van der Waals surface area (Å²) in [5, 5.41) is 5.40. The number of hydrogen-bond donors (Lipinski definition) is 2. The first kappa shape index (κ1) is 20.1. The van der Waals surface area contributed by atoms with E-state index >= 15 is 0 Å². The van der Waals surface area contributed by atoms with Crippen molar-refractivity contribution in [3.8, 4) is 11.5 Å². The van der Waals surface area contributed by atoms with Crippen molar-refractivity contribution in [2.45, 2.75) is 26.5 Å². The Bertz CT molecular complexity index is 805. The molecule has 0 aliphatic rings. The summed E-state index contributed by atoms with van der Waals surface area (Å²) < 4.78 is 15.8. The van der Waals surface area contributed by atoms with Crippen LogP contribution in [0.25, 0.3) is 0 Å². The van der Waals surface area contributed by atoms with Crippen molar-refractivity contribution < 1.29 is 23.8 Å². The van der Waals surface area contributed by atoms with Gasteiger partial charge in [0.15, 0.2) is 0 Å². The number of rotatable bonds is 7. The Kier molecular flexibility index (Phi) is 7.05. The molecule has 0 aliphatic carbocycles. The number of nitrogens with one attached hydrogen (secondary N) is 2. The predicted molar refractivity (Wildman–Crippen MR) is 102 cm³/mol. The first-order chi connectivity index (χ1) is 12.9. The van der Waals surface area contributed by atoms with Crippen molar-refractivity contribution >= 4 is 17.7 Å². The van der Waals surface area contributed by atoms with Crippen LogP contribution in [-0.4, -0.2) is 32.3 Å². The zero-order valence-corrected chi connectivity index (χ0v) is 15.9. The van der Waals surface area contributed by atoms with Gasteiger partial charge in [-0.05, 0) is 50.2 Å². The van der Waals surface area contributed by atoms with Crippen LogP contribution in [0.15, 0.2) is 42.5 Å². The van der Waals surface area contributed by atoms with Crippen molar-refractivity contribution in [1.29, 1.82) is 0 Å². The van der Waals surface area contributed by atoms with Crippen molar-refractivity contribution in [3.63, 3.8) is 0 Å². The first-order valence-electron chi connectivity index (χ1n) is 8.48. The van der Waals surface area contributed by atoms with Gasteiger partial charge in [-0.25, -0.2) is 9.59 Å². The fourth-order valence-corrected chi connectivity index (χ4v) is 2.37. The van der Waals surface area contributed by atoms with Gasteiger partial charge in [-0.3, -0.25) is 0 Å². The van der Waals surface area contributed by atoms with Crippen LogP contribution >= 0.6 is 0 Å². The van der Waals surface area contributed by atoms with Gasteiger partial charge in [-0.2, -0.15) is 0 Å². The summed E-state index contributed by atoms with van der Waals surface area (Å²) in [7, 11) is 3.11. The maximum absolute atomic E-state index is 12.4. The topological polar surface area (TPSA) is 85.9 Å². The number of carbonyl (C=O) groups excluding carboxylic acids is 2. The summed E-state index contributed by atoms with van der Waals surface area (Å²) in [5.74, 6) is 0.737. The number of hydrogen-bond acceptors (Lipinski definition) is 5. The molecular formula is C20H24N2O5. The molecule has 0 radical (unpaired) electrons. The average molecular weight is 372 g/mol. The van der Waals surface area contributed by atoms with Crippen LogP contribution in [0, 0.1) is 0 Å². The second-order valence-corrected chi connectivity index (χ2v) is 6.09. The van der Waals surface area contributed by atoms with Gasteiger partial charge in [0.2, 0.25) is 0 Å². The lowest BCUT2D eigenvalue weighted by Crippen LogP contribution is -2.34. The SMILES string of the molecule is COc1ccc(OC)c(COC(=O)c2cccc(NC(=O)NC(C)C)c2)c1. The van der Waals surface area contributed by atoms with Gasteiger partial charge < -0.3 is 24.8 Å². The van der Waals surface area contributed by atoms with E-state index in [9.17, 15) is 9.59 Å². The number of benzene rings is 2. The van der Waals surface area contributed by atoms with Crippen molar-refractivity contribution in [3.05, 3.63) is 53.6 Å². The lowest BCUT2D eigenvalue weighted by Gasteiger charge is -2.12. The van der Waals surface area contributed by atoms with Crippen LogP contribution in [0.4, 0.5) is 10.5 Å². The molecule has 0 bridgehead atoms. The van der Waals surface area contributed by atoms with E-state index in [0.717, 1.165) is 0 Å². The molecule has 0 unspecified atom stereocenters. The number of amides is 2. The summed E-state index contributed by atoms with van der Waals surface area (Å²) in [6.45, 7) is 3.76. The third-order valence-electron chi connectivity index (χ3n) is 3.62. The molecule has 2 aromatic rings. The van der Waals surface area contributed by atoms with Gasteiger partial charge in [-0.15, -0.1) is 0 Å². The maximum atomic E-state index is 12.4. The molecule has 2 rings (SSSR count). The Labute approximate surface area is 158 Å². The molecule has 144 valence electrons. The standard InChI is InChI=1S/C20H24N2O5/c1-13(2)21-20(24)22-16-7-5-6-14(10-16)19(23)27-12-15-11-17(25-3)8-9-18(15)26-4/h5-11,13H,12H2,1-4H3,(H2,21,22,24). The minimum absolute atomic E-state index is 0.0102. The average Bonchev–Trinajstić information content (AvgIpc) is 2.65. The van der Waals surface area contributed by atoms with Crippen LogP contribution in [0.1, 0.15) is 29.8 Å². The van der Waals surface area contributed by atoms with Gasteiger partial charge in [0, 0.05) is 17.3 Å². The van der Waals surface area contributed by atoms with Crippen molar-refractivity contribution in [2.24, 2.45) is 0 Å². The number of urea groups is 1. The number of carbonyl (C=O) groups is 2. The number of methoxy groups -OCH3 is 2. The third-order valence-corrected chi connectivity index (χ3v) is 3.62. The van der Waals surface area contributed by atoms with Crippen LogP contribution < -0.4 is 20.1 Å².